The van der Waals surface area contributed by atoms with Gasteiger partial charge in [0.15, 0.2) is 5.82 Å². The fraction of sp³-hybridized carbons (Fsp3) is 0.333. The SMILES string of the molecule is COc1cccc(C(N)c2nc(C)n(C)n2)c1. The molecule has 2 rings (SSSR count). The summed E-state index contributed by atoms with van der Waals surface area (Å²) in [6, 6.07) is 7.30. The van der Waals surface area contributed by atoms with E-state index in [1.54, 1.807) is 11.8 Å². The number of methoxy groups -OCH3 is 1. The smallest absolute Gasteiger partial charge is 0.172 e. The normalized spacial score (nSPS) is 12.5. The van der Waals surface area contributed by atoms with Gasteiger partial charge in [-0.15, -0.1) is 0 Å². The lowest BCUT2D eigenvalue weighted by molar-refractivity contribution is 0.414. The summed E-state index contributed by atoms with van der Waals surface area (Å²) in [4.78, 5) is 4.33. The van der Waals surface area contributed by atoms with Crippen LogP contribution in [0.4, 0.5) is 0 Å². The van der Waals surface area contributed by atoms with Crippen LogP contribution in [0.2, 0.25) is 0 Å². The second-order valence-corrected chi connectivity index (χ2v) is 3.90. The topological polar surface area (TPSA) is 66.0 Å². The Kier molecular flexibility index (Phi) is 3.10. The number of benzene rings is 1. The molecule has 0 fully saturated rings. The first-order chi connectivity index (χ1) is 8.11. The zero-order chi connectivity index (χ0) is 12.4. The fourth-order valence-corrected chi connectivity index (χ4v) is 1.60. The first-order valence-corrected chi connectivity index (χ1v) is 5.39. The minimum Gasteiger partial charge on any atom is -0.497 e. The zero-order valence-corrected chi connectivity index (χ0v) is 10.2. The minimum atomic E-state index is -0.329. The Morgan fingerprint density at radius 1 is 1.41 bits per heavy atom. The monoisotopic (exact) mass is 232 g/mol. The third kappa shape index (κ3) is 2.29. The Morgan fingerprint density at radius 2 is 2.18 bits per heavy atom. The maximum atomic E-state index is 6.13. The largest absolute Gasteiger partial charge is 0.497 e. The van der Waals surface area contributed by atoms with E-state index in [2.05, 4.69) is 10.1 Å². The van der Waals surface area contributed by atoms with Gasteiger partial charge >= 0.3 is 0 Å². The third-order valence-corrected chi connectivity index (χ3v) is 2.73. The molecular weight excluding hydrogens is 216 g/mol. The van der Waals surface area contributed by atoms with Gasteiger partial charge in [0.05, 0.1) is 13.2 Å². The number of nitrogens with two attached hydrogens (primary N) is 1. The van der Waals surface area contributed by atoms with Gasteiger partial charge in [0.1, 0.15) is 11.6 Å². The summed E-state index contributed by atoms with van der Waals surface area (Å²) in [5, 5.41) is 4.28. The van der Waals surface area contributed by atoms with Crippen LogP contribution >= 0.6 is 0 Å². The lowest BCUT2D eigenvalue weighted by Gasteiger charge is -2.09. The molecule has 0 spiro atoms. The van der Waals surface area contributed by atoms with E-state index in [0.717, 1.165) is 17.1 Å². The Labute approximate surface area is 100 Å². The predicted molar refractivity (Wildman–Crippen MR) is 64.8 cm³/mol. The highest BCUT2D eigenvalue weighted by molar-refractivity contribution is 5.32. The van der Waals surface area contributed by atoms with Crippen molar-refractivity contribution in [3.63, 3.8) is 0 Å². The van der Waals surface area contributed by atoms with Gasteiger partial charge in [-0.05, 0) is 24.6 Å². The van der Waals surface area contributed by atoms with Crippen LogP contribution in [0.25, 0.3) is 0 Å². The van der Waals surface area contributed by atoms with E-state index in [9.17, 15) is 0 Å². The highest BCUT2D eigenvalue weighted by Gasteiger charge is 2.15. The molecule has 2 aromatic rings. The highest BCUT2D eigenvalue weighted by atomic mass is 16.5. The van der Waals surface area contributed by atoms with E-state index in [-0.39, 0.29) is 6.04 Å². The van der Waals surface area contributed by atoms with Gasteiger partial charge in [-0.3, -0.25) is 4.68 Å². The number of aryl methyl sites for hydroxylation is 2. The Hall–Kier alpha value is -1.88. The van der Waals surface area contributed by atoms with Crippen molar-refractivity contribution in [3.05, 3.63) is 41.5 Å². The van der Waals surface area contributed by atoms with Gasteiger partial charge in [0.25, 0.3) is 0 Å². The molecule has 0 aliphatic rings. The molecule has 17 heavy (non-hydrogen) atoms. The van der Waals surface area contributed by atoms with E-state index in [1.807, 2.05) is 38.2 Å². The first kappa shape index (κ1) is 11.6. The van der Waals surface area contributed by atoms with Crippen molar-refractivity contribution in [2.45, 2.75) is 13.0 Å². The van der Waals surface area contributed by atoms with Gasteiger partial charge < -0.3 is 10.5 Å². The number of nitrogens with zero attached hydrogens (tertiary/aromatic N) is 3. The minimum absolute atomic E-state index is 0.329. The number of aromatic nitrogens is 3. The van der Waals surface area contributed by atoms with Gasteiger partial charge in [0, 0.05) is 7.05 Å². The summed E-state index contributed by atoms with van der Waals surface area (Å²) in [7, 11) is 3.48. The van der Waals surface area contributed by atoms with Crippen molar-refractivity contribution in [2.24, 2.45) is 12.8 Å². The van der Waals surface area contributed by atoms with E-state index in [1.165, 1.54) is 0 Å². The van der Waals surface area contributed by atoms with Crippen LogP contribution in [0, 0.1) is 6.92 Å². The standard InChI is InChI=1S/C12H16N4O/c1-8-14-12(15-16(8)2)11(13)9-5-4-6-10(7-9)17-3/h4-7,11H,13H2,1-3H3. The molecule has 0 aliphatic carbocycles. The van der Waals surface area contributed by atoms with Gasteiger partial charge in [-0.1, -0.05) is 12.1 Å². The molecule has 1 unspecified atom stereocenters. The first-order valence-electron chi connectivity index (χ1n) is 5.39. The molecule has 0 saturated heterocycles. The molecule has 0 aliphatic heterocycles. The molecule has 0 radical (unpaired) electrons. The summed E-state index contributed by atoms with van der Waals surface area (Å²) in [5.41, 5.74) is 7.07. The Balaban J connectivity index is 2.32. The Morgan fingerprint density at radius 3 is 2.76 bits per heavy atom. The number of hydrogen-bond donors (Lipinski definition) is 1. The summed E-state index contributed by atoms with van der Waals surface area (Å²) in [6.45, 7) is 1.90. The van der Waals surface area contributed by atoms with Crippen molar-refractivity contribution in [2.75, 3.05) is 7.11 Å². The van der Waals surface area contributed by atoms with Crippen molar-refractivity contribution in [3.8, 4) is 5.75 Å². The molecule has 1 heterocycles. The van der Waals surface area contributed by atoms with Crippen molar-refractivity contribution in [1.82, 2.24) is 14.8 Å². The second kappa shape index (κ2) is 4.55. The molecule has 2 N–H and O–H groups in total. The molecule has 1 aromatic carbocycles. The van der Waals surface area contributed by atoms with E-state index < -0.39 is 0 Å². The maximum Gasteiger partial charge on any atom is 0.172 e. The molecule has 1 aromatic heterocycles. The van der Waals surface area contributed by atoms with E-state index in [4.69, 9.17) is 10.5 Å². The van der Waals surface area contributed by atoms with Crippen molar-refractivity contribution in [1.29, 1.82) is 0 Å². The predicted octanol–water partition coefficient (Wildman–Crippen LogP) is 1.18. The van der Waals surface area contributed by atoms with E-state index >= 15 is 0 Å². The second-order valence-electron chi connectivity index (χ2n) is 3.90. The molecule has 0 amide bonds. The summed E-state index contributed by atoms with van der Waals surface area (Å²) in [5.74, 6) is 2.25. The molecule has 5 nitrogen and oxygen atoms in total. The summed E-state index contributed by atoms with van der Waals surface area (Å²) < 4.78 is 6.89. The average molecular weight is 232 g/mol. The van der Waals surface area contributed by atoms with Crippen LogP contribution in [0.3, 0.4) is 0 Å². The molecule has 5 heteroatoms. The highest BCUT2D eigenvalue weighted by Crippen LogP contribution is 2.21. The fourth-order valence-electron chi connectivity index (χ4n) is 1.60. The van der Waals surface area contributed by atoms with Crippen LogP contribution < -0.4 is 10.5 Å². The lowest BCUT2D eigenvalue weighted by Crippen LogP contribution is -2.14. The summed E-state index contributed by atoms with van der Waals surface area (Å²) in [6.07, 6.45) is 0. The van der Waals surface area contributed by atoms with Crippen LogP contribution in [0.5, 0.6) is 5.75 Å². The maximum absolute atomic E-state index is 6.13. The van der Waals surface area contributed by atoms with Gasteiger partial charge in [-0.2, -0.15) is 5.10 Å². The Bertz CT molecular complexity index is 501. The quantitative estimate of drug-likeness (QED) is 0.863. The number of hydrogen-bond acceptors (Lipinski definition) is 4. The van der Waals surface area contributed by atoms with Gasteiger partial charge in [0.2, 0.25) is 0 Å². The van der Waals surface area contributed by atoms with Gasteiger partial charge in [-0.25, -0.2) is 4.98 Å². The van der Waals surface area contributed by atoms with Crippen molar-refractivity contribution < 1.29 is 4.74 Å². The molecular formula is C12H16N4O. The van der Waals surface area contributed by atoms with Crippen LogP contribution in [-0.2, 0) is 7.05 Å². The van der Waals surface area contributed by atoms with E-state index in [0.29, 0.717) is 5.82 Å². The molecule has 1 atom stereocenters. The zero-order valence-electron chi connectivity index (χ0n) is 10.2. The molecule has 0 bridgehead atoms. The molecule has 90 valence electrons. The van der Waals surface area contributed by atoms with Crippen molar-refractivity contribution >= 4 is 0 Å². The third-order valence-electron chi connectivity index (χ3n) is 2.73. The molecule has 0 saturated carbocycles. The summed E-state index contributed by atoms with van der Waals surface area (Å²) >= 11 is 0. The number of ether oxygens (including phenoxy) is 1. The van der Waals surface area contributed by atoms with Crippen LogP contribution in [0.1, 0.15) is 23.3 Å². The van der Waals surface area contributed by atoms with Crippen LogP contribution in [-0.4, -0.2) is 21.9 Å². The average Bonchev–Trinajstić information content (AvgIpc) is 2.69. The lowest BCUT2D eigenvalue weighted by atomic mass is 10.1. The number of rotatable bonds is 3. The van der Waals surface area contributed by atoms with Crippen LogP contribution in [0.15, 0.2) is 24.3 Å².